The molecule has 33 heavy (non-hydrogen) atoms. The molecule has 3 atom stereocenters. The SMILES string of the molecule is O=C1CCC(N2Cc3cc(C[C@H]4CCCC[C@@H]4NC4CCC(I)CC4)ccc3C2=O)C(=O)N1. The molecule has 2 aliphatic carbocycles. The number of alkyl halides is 1. The van der Waals surface area contributed by atoms with Crippen LogP contribution in [-0.2, 0) is 22.6 Å². The van der Waals surface area contributed by atoms with Crippen molar-refractivity contribution in [3.05, 3.63) is 34.9 Å². The molecular formula is C26H34IN3O3. The van der Waals surface area contributed by atoms with Crippen molar-refractivity contribution >= 4 is 40.3 Å². The first-order valence-electron chi connectivity index (χ1n) is 12.6. The number of nitrogens with zero attached hydrogens (tertiary/aromatic N) is 1. The summed E-state index contributed by atoms with van der Waals surface area (Å²) in [5, 5.41) is 6.41. The average molecular weight is 563 g/mol. The van der Waals surface area contributed by atoms with Crippen molar-refractivity contribution in [3.63, 3.8) is 0 Å². The molecule has 178 valence electrons. The molecule has 0 spiro atoms. The largest absolute Gasteiger partial charge is 0.322 e. The van der Waals surface area contributed by atoms with Gasteiger partial charge in [-0.25, -0.2) is 0 Å². The normalized spacial score (nSPS) is 32.6. The molecular weight excluding hydrogens is 529 g/mol. The Morgan fingerprint density at radius 3 is 2.58 bits per heavy atom. The number of imide groups is 1. The number of piperidine rings is 1. The lowest BCUT2D eigenvalue weighted by Gasteiger charge is -2.37. The van der Waals surface area contributed by atoms with Crippen molar-refractivity contribution < 1.29 is 14.4 Å². The van der Waals surface area contributed by atoms with Gasteiger partial charge in [-0.05, 0) is 74.5 Å². The smallest absolute Gasteiger partial charge is 0.255 e. The summed E-state index contributed by atoms with van der Waals surface area (Å²) in [6, 6.07) is 6.96. The molecule has 3 fully saturated rings. The van der Waals surface area contributed by atoms with Crippen molar-refractivity contribution in [2.24, 2.45) is 5.92 Å². The monoisotopic (exact) mass is 563 g/mol. The van der Waals surface area contributed by atoms with E-state index >= 15 is 0 Å². The van der Waals surface area contributed by atoms with E-state index in [4.69, 9.17) is 0 Å². The molecule has 0 bridgehead atoms. The fourth-order valence-corrected chi connectivity index (χ4v) is 6.97. The summed E-state index contributed by atoms with van der Waals surface area (Å²) >= 11 is 2.60. The van der Waals surface area contributed by atoms with Crippen molar-refractivity contribution in [1.82, 2.24) is 15.5 Å². The van der Waals surface area contributed by atoms with Crippen LogP contribution in [-0.4, -0.2) is 44.7 Å². The highest BCUT2D eigenvalue weighted by atomic mass is 127. The summed E-state index contributed by atoms with van der Waals surface area (Å²) in [7, 11) is 0. The molecule has 2 saturated carbocycles. The summed E-state index contributed by atoms with van der Waals surface area (Å²) < 4.78 is 0.844. The Balaban J connectivity index is 1.24. The first-order chi connectivity index (χ1) is 16.0. The molecule has 0 aromatic heterocycles. The van der Waals surface area contributed by atoms with E-state index in [0.29, 0.717) is 36.5 Å². The van der Waals surface area contributed by atoms with E-state index in [9.17, 15) is 14.4 Å². The molecule has 7 heteroatoms. The van der Waals surface area contributed by atoms with Gasteiger partial charge in [-0.3, -0.25) is 19.7 Å². The van der Waals surface area contributed by atoms with Crippen LogP contribution >= 0.6 is 22.6 Å². The zero-order valence-corrected chi connectivity index (χ0v) is 21.3. The highest BCUT2D eigenvalue weighted by Crippen LogP contribution is 2.33. The minimum atomic E-state index is -0.546. The third-order valence-corrected chi connectivity index (χ3v) is 9.35. The van der Waals surface area contributed by atoms with Crippen molar-refractivity contribution in [3.8, 4) is 0 Å². The summed E-state index contributed by atoms with van der Waals surface area (Å²) in [4.78, 5) is 38.4. The van der Waals surface area contributed by atoms with E-state index in [-0.39, 0.29) is 24.1 Å². The van der Waals surface area contributed by atoms with Crippen LogP contribution in [0.2, 0.25) is 0 Å². The Morgan fingerprint density at radius 2 is 1.79 bits per heavy atom. The Labute approximate surface area is 209 Å². The van der Waals surface area contributed by atoms with E-state index < -0.39 is 6.04 Å². The van der Waals surface area contributed by atoms with E-state index in [1.807, 2.05) is 6.07 Å². The first kappa shape index (κ1) is 23.3. The number of carbonyl (C=O) groups is 3. The molecule has 2 aliphatic heterocycles. The molecule has 2 N–H and O–H groups in total. The number of fused-ring (bicyclic) bond motifs is 1. The second-order valence-electron chi connectivity index (χ2n) is 10.4. The molecule has 1 unspecified atom stereocenters. The van der Waals surface area contributed by atoms with Crippen LogP contribution in [0, 0.1) is 5.92 Å². The summed E-state index contributed by atoms with van der Waals surface area (Å²) in [5.74, 6) is -0.0485. The number of benzene rings is 1. The number of halogens is 1. The number of hydrogen-bond donors (Lipinski definition) is 2. The molecule has 2 heterocycles. The predicted molar refractivity (Wildman–Crippen MR) is 135 cm³/mol. The van der Waals surface area contributed by atoms with Crippen LogP contribution in [0.5, 0.6) is 0 Å². The van der Waals surface area contributed by atoms with Crippen LogP contribution in [0.1, 0.15) is 85.7 Å². The van der Waals surface area contributed by atoms with Gasteiger partial charge in [0.15, 0.2) is 0 Å². The van der Waals surface area contributed by atoms with E-state index in [1.54, 1.807) is 4.90 Å². The number of hydrogen-bond acceptors (Lipinski definition) is 4. The lowest BCUT2D eigenvalue weighted by atomic mass is 9.79. The lowest BCUT2D eigenvalue weighted by molar-refractivity contribution is -0.136. The second-order valence-corrected chi connectivity index (χ2v) is 12.1. The average Bonchev–Trinajstić information content (AvgIpc) is 3.12. The highest BCUT2D eigenvalue weighted by molar-refractivity contribution is 14.1. The molecule has 6 nitrogen and oxygen atoms in total. The quantitative estimate of drug-likeness (QED) is 0.324. The van der Waals surface area contributed by atoms with Gasteiger partial charge in [0, 0.05) is 34.5 Å². The van der Waals surface area contributed by atoms with Crippen LogP contribution in [0.15, 0.2) is 18.2 Å². The molecule has 5 rings (SSSR count). The topological polar surface area (TPSA) is 78.5 Å². The minimum Gasteiger partial charge on any atom is -0.322 e. The Bertz CT molecular complexity index is 927. The van der Waals surface area contributed by atoms with Gasteiger partial charge in [-0.1, -0.05) is 47.6 Å². The van der Waals surface area contributed by atoms with E-state index in [0.717, 1.165) is 15.9 Å². The van der Waals surface area contributed by atoms with Crippen molar-refractivity contribution in [2.75, 3.05) is 0 Å². The van der Waals surface area contributed by atoms with Crippen LogP contribution in [0.4, 0.5) is 0 Å². The highest BCUT2D eigenvalue weighted by Gasteiger charge is 2.39. The molecule has 0 radical (unpaired) electrons. The van der Waals surface area contributed by atoms with Gasteiger partial charge in [-0.15, -0.1) is 0 Å². The Kier molecular flexibility index (Phi) is 7.07. The summed E-state index contributed by atoms with van der Waals surface area (Å²) in [6.45, 7) is 0.459. The van der Waals surface area contributed by atoms with Gasteiger partial charge in [-0.2, -0.15) is 0 Å². The molecule has 1 aromatic rings. The van der Waals surface area contributed by atoms with Gasteiger partial charge in [0.25, 0.3) is 5.91 Å². The predicted octanol–water partition coefficient (Wildman–Crippen LogP) is 3.88. The molecule has 1 aromatic carbocycles. The first-order valence-corrected chi connectivity index (χ1v) is 13.9. The molecule has 3 amide bonds. The van der Waals surface area contributed by atoms with Gasteiger partial charge >= 0.3 is 0 Å². The lowest BCUT2D eigenvalue weighted by Crippen LogP contribution is -2.52. The number of nitrogens with one attached hydrogen (secondary N) is 2. The van der Waals surface area contributed by atoms with Crippen LogP contribution in [0.3, 0.4) is 0 Å². The minimum absolute atomic E-state index is 0.0888. The number of carbonyl (C=O) groups excluding carboxylic acids is 3. The Morgan fingerprint density at radius 1 is 1.00 bits per heavy atom. The molecule has 4 aliphatic rings. The third kappa shape index (κ3) is 5.14. The maximum absolute atomic E-state index is 13.0. The van der Waals surface area contributed by atoms with Gasteiger partial charge < -0.3 is 10.2 Å². The zero-order chi connectivity index (χ0) is 22.9. The van der Waals surface area contributed by atoms with Crippen molar-refractivity contribution in [2.45, 2.75) is 99.2 Å². The zero-order valence-electron chi connectivity index (χ0n) is 19.2. The van der Waals surface area contributed by atoms with Crippen LogP contribution in [0.25, 0.3) is 0 Å². The standard InChI is InChI=1S/C26H34IN3O3/c27-19-6-8-20(9-7-19)28-22-4-2-1-3-17(22)13-16-5-10-21-18(14-16)15-30(26(21)33)23-11-12-24(31)29-25(23)32/h5,10,14,17,19-20,22-23,28H,1-4,6-9,11-13,15H2,(H,29,31,32)/t17-,19?,20?,22+,23?/m1/s1. The fourth-order valence-electron chi connectivity index (χ4n) is 6.25. The second kappa shape index (κ2) is 10.0. The maximum Gasteiger partial charge on any atom is 0.255 e. The van der Waals surface area contributed by atoms with Crippen molar-refractivity contribution in [1.29, 1.82) is 0 Å². The summed E-state index contributed by atoms with van der Waals surface area (Å²) in [5.41, 5.74) is 3.02. The van der Waals surface area contributed by atoms with E-state index in [2.05, 4.69) is 45.4 Å². The summed E-state index contributed by atoms with van der Waals surface area (Å²) in [6.07, 6.45) is 12.1. The fraction of sp³-hybridized carbons (Fsp3) is 0.654. The molecule has 1 saturated heterocycles. The van der Waals surface area contributed by atoms with Gasteiger partial charge in [0.05, 0.1) is 0 Å². The maximum atomic E-state index is 13.0. The third-order valence-electron chi connectivity index (χ3n) is 8.10. The number of amides is 3. The van der Waals surface area contributed by atoms with Gasteiger partial charge in [0.1, 0.15) is 6.04 Å². The van der Waals surface area contributed by atoms with E-state index in [1.165, 1.54) is 56.9 Å². The van der Waals surface area contributed by atoms with Crippen LogP contribution < -0.4 is 10.6 Å². The van der Waals surface area contributed by atoms with Gasteiger partial charge in [0.2, 0.25) is 11.8 Å². The Hall–Kier alpha value is -1.48. The number of rotatable bonds is 5.